The van der Waals surface area contributed by atoms with Gasteiger partial charge in [-0.3, -0.25) is 0 Å². The zero-order valence-corrected chi connectivity index (χ0v) is 19.0. The lowest BCUT2D eigenvalue weighted by Crippen LogP contribution is -2.36. The summed E-state index contributed by atoms with van der Waals surface area (Å²) in [6.07, 6.45) is 9.92. The number of hydrogen-bond acceptors (Lipinski definition) is 6. The highest BCUT2D eigenvalue weighted by Gasteiger charge is 2.39. The van der Waals surface area contributed by atoms with E-state index in [0.29, 0.717) is 21.8 Å². The molecule has 1 N–H and O–H groups in total. The largest absolute Gasteiger partial charge is 0.472 e. The number of tetrazole rings is 1. The van der Waals surface area contributed by atoms with E-state index in [4.69, 9.17) is 16.0 Å². The fourth-order valence-corrected chi connectivity index (χ4v) is 4.87. The molecule has 1 aliphatic rings. The van der Waals surface area contributed by atoms with Gasteiger partial charge in [0.15, 0.2) is 11.2 Å². The van der Waals surface area contributed by atoms with Crippen LogP contribution in [0.15, 0.2) is 95.6 Å². The molecule has 0 saturated heterocycles. The molecule has 0 radical (unpaired) electrons. The van der Waals surface area contributed by atoms with Crippen molar-refractivity contribution in [1.29, 1.82) is 0 Å². The van der Waals surface area contributed by atoms with Gasteiger partial charge in [-0.15, -0.1) is 5.10 Å². The van der Waals surface area contributed by atoms with Gasteiger partial charge in [0.05, 0.1) is 23.7 Å². The Balaban J connectivity index is 1.66. The number of halogens is 1. The van der Waals surface area contributed by atoms with Gasteiger partial charge in [-0.25, -0.2) is 0 Å². The number of nitrogens with zero attached hydrogens (tertiary/aromatic N) is 5. The van der Waals surface area contributed by atoms with Crippen molar-refractivity contribution in [3.8, 4) is 11.1 Å². The average molecular weight is 470 g/mol. The number of allylic oxidation sites excluding steroid dienone is 2. The zero-order valence-electron chi connectivity index (χ0n) is 18.3. The molecule has 8 heteroatoms. The van der Waals surface area contributed by atoms with Crippen LogP contribution in [0, 0.1) is 0 Å². The van der Waals surface area contributed by atoms with Crippen LogP contribution in [0.5, 0.6) is 0 Å². The van der Waals surface area contributed by atoms with Gasteiger partial charge in [0.2, 0.25) is 0 Å². The van der Waals surface area contributed by atoms with Crippen molar-refractivity contribution >= 4 is 28.2 Å². The minimum absolute atomic E-state index is 0.625. The van der Waals surface area contributed by atoms with Crippen molar-refractivity contribution in [2.45, 2.75) is 12.0 Å². The van der Waals surface area contributed by atoms with Crippen LogP contribution in [0.4, 0.5) is 0 Å². The average Bonchev–Trinajstić information content (AvgIpc) is 3.56. The fraction of sp³-hybridized carbons (Fsp3) is 0.115. The van der Waals surface area contributed by atoms with E-state index in [0.717, 1.165) is 34.1 Å². The van der Waals surface area contributed by atoms with Crippen molar-refractivity contribution in [2.75, 3.05) is 7.05 Å². The summed E-state index contributed by atoms with van der Waals surface area (Å²) in [5.41, 5.74) is 3.97. The molecule has 1 atom stereocenters. The van der Waals surface area contributed by atoms with E-state index in [1.165, 1.54) is 0 Å². The Morgan fingerprint density at radius 2 is 2.00 bits per heavy atom. The van der Waals surface area contributed by atoms with Crippen molar-refractivity contribution in [3.63, 3.8) is 0 Å². The Kier molecular flexibility index (Phi) is 4.76. The third kappa shape index (κ3) is 3.13. The van der Waals surface area contributed by atoms with Crippen LogP contribution in [-0.2, 0) is 5.60 Å². The lowest BCUT2D eigenvalue weighted by atomic mass is 9.82. The Hall–Kier alpha value is -3.94. The minimum Gasteiger partial charge on any atom is -0.472 e. The van der Waals surface area contributed by atoms with Gasteiger partial charge < -0.3 is 14.4 Å². The zero-order chi connectivity index (χ0) is 23.3. The van der Waals surface area contributed by atoms with E-state index >= 15 is 0 Å². The van der Waals surface area contributed by atoms with Gasteiger partial charge in [0.25, 0.3) is 0 Å². The summed E-state index contributed by atoms with van der Waals surface area (Å²) in [4.78, 5) is 1.93. The SMILES string of the molecule is CN1C=CCC=C1C(O)(c1ccoc1)c1ccc2c(c1)c(-c1cccc(Cl)c1)cc1nnnn12. The molecule has 4 heterocycles. The summed E-state index contributed by atoms with van der Waals surface area (Å²) in [5, 5.41) is 26.0. The second-order valence-corrected chi connectivity index (χ2v) is 8.73. The van der Waals surface area contributed by atoms with Crippen LogP contribution in [0.25, 0.3) is 27.7 Å². The van der Waals surface area contributed by atoms with Crippen molar-refractivity contribution in [3.05, 3.63) is 107 Å². The van der Waals surface area contributed by atoms with E-state index < -0.39 is 5.60 Å². The van der Waals surface area contributed by atoms with Crippen molar-refractivity contribution < 1.29 is 9.52 Å². The second kappa shape index (κ2) is 7.83. The number of benzene rings is 2. The monoisotopic (exact) mass is 469 g/mol. The minimum atomic E-state index is -1.43. The predicted molar refractivity (Wildman–Crippen MR) is 130 cm³/mol. The maximum Gasteiger partial charge on any atom is 0.180 e. The Labute approximate surface area is 200 Å². The van der Waals surface area contributed by atoms with E-state index in [1.807, 2.05) is 78.8 Å². The Bertz CT molecular complexity index is 1590. The normalized spacial score (nSPS) is 15.6. The number of aliphatic hydroxyl groups is 1. The van der Waals surface area contributed by atoms with Crippen molar-refractivity contribution in [1.82, 2.24) is 24.9 Å². The molecule has 34 heavy (non-hydrogen) atoms. The van der Waals surface area contributed by atoms with Gasteiger partial charge in [-0.2, -0.15) is 4.52 Å². The van der Waals surface area contributed by atoms with Gasteiger partial charge in [0, 0.05) is 23.0 Å². The molecule has 168 valence electrons. The van der Waals surface area contributed by atoms with Crippen molar-refractivity contribution in [2.24, 2.45) is 0 Å². The van der Waals surface area contributed by atoms with Crippen LogP contribution >= 0.6 is 11.6 Å². The smallest absolute Gasteiger partial charge is 0.180 e. The summed E-state index contributed by atoms with van der Waals surface area (Å²) in [5.74, 6) is 0. The summed E-state index contributed by atoms with van der Waals surface area (Å²) >= 11 is 6.32. The number of fused-ring (bicyclic) bond motifs is 3. The number of furan rings is 1. The Morgan fingerprint density at radius 1 is 1.09 bits per heavy atom. The molecule has 0 spiro atoms. The molecule has 0 amide bonds. The molecule has 5 aromatic rings. The molecule has 0 bridgehead atoms. The molecule has 1 unspecified atom stereocenters. The summed E-state index contributed by atoms with van der Waals surface area (Å²) < 4.78 is 7.07. The molecule has 3 aromatic heterocycles. The summed E-state index contributed by atoms with van der Waals surface area (Å²) in [7, 11) is 1.93. The topological polar surface area (TPSA) is 79.7 Å². The molecule has 1 aliphatic heterocycles. The number of likely N-dealkylation sites (N-methyl/N-ethyl adjacent to an activating group) is 1. The Morgan fingerprint density at radius 3 is 2.79 bits per heavy atom. The molecular formula is C26H20ClN5O2. The van der Waals surface area contributed by atoms with Gasteiger partial charge in [-0.1, -0.05) is 42.0 Å². The van der Waals surface area contributed by atoms with Gasteiger partial charge in [-0.05, 0) is 76.1 Å². The molecule has 7 nitrogen and oxygen atoms in total. The predicted octanol–water partition coefficient (Wildman–Crippen LogP) is 5.16. The third-order valence-corrected chi connectivity index (χ3v) is 6.54. The fourth-order valence-electron chi connectivity index (χ4n) is 4.68. The lowest BCUT2D eigenvalue weighted by Gasteiger charge is -2.36. The quantitative estimate of drug-likeness (QED) is 0.391. The highest BCUT2D eigenvalue weighted by atomic mass is 35.5. The first-order valence-corrected chi connectivity index (χ1v) is 11.2. The molecule has 6 rings (SSSR count). The number of aromatic nitrogens is 4. The number of rotatable bonds is 4. The molecular weight excluding hydrogens is 450 g/mol. The van der Waals surface area contributed by atoms with E-state index in [2.05, 4.69) is 15.5 Å². The van der Waals surface area contributed by atoms with E-state index in [-0.39, 0.29) is 0 Å². The second-order valence-electron chi connectivity index (χ2n) is 8.29. The van der Waals surface area contributed by atoms with Crippen LogP contribution in [0.1, 0.15) is 17.5 Å². The maximum atomic E-state index is 12.3. The standard InChI is InChI=1S/C26H20ClN5O2/c1-31-11-3-2-7-24(31)26(33,19-10-12-34-16-19)18-8-9-23-22(14-18)21(15-25-28-29-30-32(23)25)17-5-4-6-20(27)13-17/h3-16,33H,2H2,1H3. The molecule has 0 fully saturated rings. The van der Waals surface area contributed by atoms with Crippen LogP contribution < -0.4 is 0 Å². The highest BCUT2D eigenvalue weighted by Crippen LogP contribution is 2.42. The number of pyridine rings is 1. The first-order valence-electron chi connectivity index (χ1n) is 10.8. The van der Waals surface area contributed by atoms with E-state index in [9.17, 15) is 5.11 Å². The molecule has 0 aliphatic carbocycles. The summed E-state index contributed by atoms with van der Waals surface area (Å²) in [6.45, 7) is 0. The van der Waals surface area contributed by atoms with E-state index in [1.54, 1.807) is 23.1 Å². The maximum absolute atomic E-state index is 12.3. The summed E-state index contributed by atoms with van der Waals surface area (Å²) in [6, 6.07) is 17.2. The van der Waals surface area contributed by atoms with Crippen LogP contribution in [0.3, 0.4) is 0 Å². The lowest BCUT2D eigenvalue weighted by molar-refractivity contribution is 0.0953. The first-order chi connectivity index (χ1) is 16.6. The van der Waals surface area contributed by atoms with Crippen LogP contribution in [-0.4, -0.2) is 37.1 Å². The molecule has 0 saturated carbocycles. The number of hydrogen-bond donors (Lipinski definition) is 1. The molecule has 2 aromatic carbocycles. The highest BCUT2D eigenvalue weighted by molar-refractivity contribution is 6.30. The first kappa shape index (κ1) is 20.7. The third-order valence-electron chi connectivity index (χ3n) is 6.30. The van der Waals surface area contributed by atoms with Crippen LogP contribution in [0.2, 0.25) is 5.02 Å². The van der Waals surface area contributed by atoms with Gasteiger partial charge >= 0.3 is 0 Å². The van der Waals surface area contributed by atoms with Gasteiger partial charge in [0.1, 0.15) is 0 Å².